The summed E-state index contributed by atoms with van der Waals surface area (Å²) in [5.41, 5.74) is 3.10. The van der Waals surface area contributed by atoms with Gasteiger partial charge >= 0.3 is 0 Å². The number of nitrogens with zero attached hydrogens (tertiary/aromatic N) is 1. The lowest BCUT2D eigenvalue weighted by Crippen LogP contribution is -2.51. The Morgan fingerprint density at radius 2 is 2.00 bits per heavy atom. The monoisotopic (exact) mass is 272 g/mol. The van der Waals surface area contributed by atoms with Crippen LogP contribution in [0, 0.1) is 0 Å². The number of hydrogen-bond donors (Lipinski definition) is 1. The molecule has 2 aliphatic rings. The highest BCUT2D eigenvalue weighted by atomic mass is 15.2. The van der Waals surface area contributed by atoms with E-state index in [1.807, 2.05) is 0 Å². The molecule has 1 aromatic carbocycles. The number of likely N-dealkylation sites (N-methyl/N-ethyl adjacent to an activating group) is 1. The van der Waals surface area contributed by atoms with Crippen molar-refractivity contribution in [2.75, 3.05) is 13.6 Å². The summed E-state index contributed by atoms with van der Waals surface area (Å²) in [6.45, 7) is 3.38. The van der Waals surface area contributed by atoms with Gasteiger partial charge in [0.15, 0.2) is 0 Å². The van der Waals surface area contributed by atoms with Gasteiger partial charge in [0.05, 0.1) is 0 Å². The highest BCUT2D eigenvalue weighted by molar-refractivity contribution is 5.34. The minimum Gasteiger partial charge on any atom is -0.309 e. The molecular formula is C18H28N2. The van der Waals surface area contributed by atoms with Gasteiger partial charge in [0, 0.05) is 18.1 Å². The Morgan fingerprint density at radius 3 is 2.70 bits per heavy atom. The Labute approximate surface area is 123 Å². The largest absolute Gasteiger partial charge is 0.309 e. The van der Waals surface area contributed by atoms with Crippen LogP contribution in [-0.4, -0.2) is 30.6 Å². The van der Waals surface area contributed by atoms with Crippen molar-refractivity contribution in [2.45, 2.75) is 63.6 Å². The van der Waals surface area contributed by atoms with Crippen molar-refractivity contribution in [1.82, 2.24) is 10.2 Å². The maximum absolute atomic E-state index is 3.82. The molecule has 0 bridgehead atoms. The number of rotatable bonds is 5. The summed E-state index contributed by atoms with van der Waals surface area (Å²) in [7, 11) is 2.35. The molecule has 1 aromatic rings. The van der Waals surface area contributed by atoms with Crippen molar-refractivity contribution in [3.05, 3.63) is 35.4 Å². The van der Waals surface area contributed by atoms with E-state index in [-0.39, 0.29) is 0 Å². The van der Waals surface area contributed by atoms with E-state index in [0.717, 1.165) is 12.6 Å². The highest BCUT2D eigenvalue weighted by Gasteiger charge is 2.35. The van der Waals surface area contributed by atoms with Gasteiger partial charge in [-0.1, -0.05) is 37.6 Å². The Hall–Kier alpha value is -0.860. The first kappa shape index (κ1) is 14.1. The molecule has 2 atom stereocenters. The van der Waals surface area contributed by atoms with Crippen LogP contribution in [0.2, 0.25) is 0 Å². The van der Waals surface area contributed by atoms with Gasteiger partial charge in [0.25, 0.3) is 0 Å². The summed E-state index contributed by atoms with van der Waals surface area (Å²) in [4.78, 5) is 2.67. The van der Waals surface area contributed by atoms with Crippen LogP contribution in [0.25, 0.3) is 0 Å². The second-order valence-electron chi connectivity index (χ2n) is 6.49. The van der Waals surface area contributed by atoms with Gasteiger partial charge in [-0.25, -0.2) is 0 Å². The number of benzene rings is 1. The third-order valence-corrected chi connectivity index (χ3v) is 5.27. The Morgan fingerprint density at radius 1 is 1.20 bits per heavy atom. The fourth-order valence-electron chi connectivity index (χ4n) is 3.79. The minimum atomic E-state index is 0.519. The van der Waals surface area contributed by atoms with Crippen molar-refractivity contribution in [3.8, 4) is 0 Å². The van der Waals surface area contributed by atoms with Gasteiger partial charge in [-0.3, -0.25) is 4.90 Å². The number of hydrogen-bond acceptors (Lipinski definition) is 2. The van der Waals surface area contributed by atoms with Crippen LogP contribution in [0.4, 0.5) is 0 Å². The molecule has 3 rings (SSSR count). The number of fused-ring (bicyclic) bond motifs is 1. The Bertz CT molecular complexity index is 439. The summed E-state index contributed by atoms with van der Waals surface area (Å²) in [5, 5.41) is 3.82. The fraction of sp³-hybridized carbons (Fsp3) is 0.667. The summed E-state index contributed by atoms with van der Waals surface area (Å²) in [6, 6.07) is 11.1. The van der Waals surface area contributed by atoms with E-state index in [0.29, 0.717) is 12.1 Å². The van der Waals surface area contributed by atoms with E-state index in [4.69, 9.17) is 0 Å². The molecule has 2 heteroatoms. The zero-order valence-electron chi connectivity index (χ0n) is 12.9. The second kappa shape index (κ2) is 6.28. The van der Waals surface area contributed by atoms with E-state index in [9.17, 15) is 0 Å². The second-order valence-corrected chi connectivity index (χ2v) is 6.49. The van der Waals surface area contributed by atoms with E-state index < -0.39 is 0 Å². The van der Waals surface area contributed by atoms with Crippen LogP contribution in [0.15, 0.2) is 24.3 Å². The topological polar surface area (TPSA) is 15.3 Å². The number of aryl methyl sites for hydroxylation is 1. The summed E-state index contributed by atoms with van der Waals surface area (Å²) >= 11 is 0. The smallest absolute Gasteiger partial charge is 0.0481 e. The molecule has 1 fully saturated rings. The van der Waals surface area contributed by atoms with E-state index in [2.05, 4.69) is 48.5 Å². The zero-order valence-corrected chi connectivity index (χ0v) is 12.9. The molecule has 0 amide bonds. The van der Waals surface area contributed by atoms with E-state index >= 15 is 0 Å². The van der Waals surface area contributed by atoms with Gasteiger partial charge in [-0.2, -0.15) is 0 Å². The predicted octanol–water partition coefficient (Wildman–Crippen LogP) is 3.53. The maximum Gasteiger partial charge on any atom is 0.0481 e. The van der Waals surface area contributed by atoms with Gasteiger partial charge < -0.3 is 5.32 Å². The highest BCUT2D eigenvalue weighted by Crippen LogP contribution is 2.36. The van der Waals surface area contributed by atoms with E-state index in [1.54, 1.807) is 11.1 Å². The van der Waals surface area contributed by atoms with Crippen molar-refractivity contribution in [1.29, 1.82) is 0 Å². The first-order valence-corrected chi connectivity index (χ1v) is 8.34. The van der Waals surface area contributed by atoms with Gasteiger partial charge in [0.2, 0.25) is 0 Å². The molecule has 0 aliphatic heterocycles. The summed E-state index contributed by atoms with van der Waals surface area (Å²) in [5.74, 6) is 0. The normalized spacial score (nSPS) is 26.4. The first-order chi connectivity index (χ1) is 9.81. The molecule has 1 saturated carbocycles. The molecule has 2 unspecified atom stereocenters. The molecule has 110 valence electrons. The average Bonchev–Trinajstić information content (AvgIpc) is 2.42. The SMILES string of the molecule is CCCNC1c2ccccc2CCC1N(C)C1CCC1. The van der Waals surface area contributed by atoms with Crippen LogP contribution in [0.3, 0.4) is 0 Å². The van der Waals surface area contributed by atoms with Gasteiger partial charge in [0.1, 0.15) is 0 Å². The molecule has 2 aliphatic carbocycles. The Balaban J connectivity index is 1.82. The minimum absolute atomic E-state index is 0.519. The average molecular weight is 272 g/mol. The van der Waals surface area contributed by atoms with Crippen LogP contribution in [0.1, 0.15) is 56.2 Å². The van der Waals surface area contributed by atoms with Crippen molar-refractivity contribution < 1.29 is 0 Å². The zero-order chi connectivity index (χ0) is 13.9. The summed E-state index contributed by atoms with van der Waals surface area (Å²) < 4.78 is 0. The summed E-state index contributed by atoms with van der Waals surface area (Å²) in [6.07, 6.45) is 7.96. The molecule has 0 aromatic heterocycles. The van der Waals surface area contributed by atoms with Crippen molar-refractivity contribution in [2.24, 2.45) is 0 Å². The first-order valence-electron chi connectivity index (χ1n) is 8.34. The van der Waals surface area contributed by atoms with Crippen LogP contribution >= 0.6 is 0 Å². The van der Waals surface area contributed by atoms with Crippen LogP contribution in [-0.2, 0) is 6.42 Å². The van der Waals surface area contributed by atoms with Crippen LogP contribution < -0.4 is 5.32 Å². The van der Waals surface area contributed by atoms with Crippen LogP contribution in [0.5, 0.6) is 0 Å². The molecule has 0 spiro atoms. The molecule has 2 nitrogen and oxygen atoms in total. The lowest BCUT2D eigenvalue weighted by atomic mass is 9.81. The maximum atomic E-state index is 3.82. The third kappa shape index (κ3) is 2.64. The molecule has 0 radical (unpaired) electrons. The predicted molar refractivity (Wildman–Crippen MR) is 85.0 cm³/mol. The van der Waals surface area contributed by atoms with Crippen molar-refractivity contribution >= 4 is 0 Å². The Kier molecular flexibility index (Phi) is 4.42. The van der Waals surface area contributed by atoms with Gasteiger partial charge in [-0.15, -0.1) is 0 Å². The molecule has 1 N–H and O–H groups in total. The quantitative estimate of drug-likeness (QED) is 0.882. The lowest BCUT2D eigenvalue weighted by Gasteiger charge is -2.46. The molecule has 0 saturated heterocycles. The number of nitrogens with one attached hydrogen (secondary N) is 1. The third-order valence-electron chi connectivity index (χ3n) is 5.27. The molecule has 0 heterocycles. The molecule has 20 heavy (non-hydrogen) atoms. The van der Waals surface area contributed by atoms with Crippen molar-refractivity contribution in [3.63, 3.8) is 0 Å². The lowest BCUT2D eigenvalue weighted by molar-refractivity contribution is 0.0772. The fourth-order valence-corrected chi connectivity index (χ4v) is 3.79. The molecular weight excluding hydrogens is 244 g/mol. The van der Waals surface area contributed by atoms with E-state index in [1.165, 1.54) is 38.5 Å². The van der Waals surface area contributed by atoms with Gasteiger partial charge in [-0.05, 0) is 56.8 Å². The standard InChI is InChI=1S/C18H28N2/c1-3-13-19-18-16-10-5-4-7-14(16)11-12-17(18)20(2)15-8-6-9-15/h4-5,7,10,15,17-19H,3,6,8-9,11-13H2,1-2H3.